The predicted molar refractivity (Wildman–Crippen MR) is 171 cm³/mol. The Morgan fingerprint density at radius 1 is 0.705 bits per heavy atom. The third-order valence-corrected chi connectivity index (χ3v) is 8.01. The molecule has 0 aliphatic carbocycles. The molecule has 0 aromatic heterocycles. The second-order valence-electron chi connectivity index (χ2n) is 11.4. The van der Waals surface area contributed by atoms with Gasteiger partial charge in [-0.25, -0.2) is 9.36 Å². The average molecular weight is 650 g/mol. The summed E-state index contributed by atoms with van der Waals surface area (Å²) in [5.41, 5.74) is 0. The van der Waals surface area contributed by atoms with Gasteiger partial charge in [-0.3, -0.25) is 18.6 Å². The van der Waals surface area contributed by atoms with Crippen molar-refractivity contribution in [3.8, 4) is 0 Å². The number of rotatable bonds is 31. The number of carboxylic acids is 1. The summed E-state index contributed by atoms with van der Waals surface area (Å²) in [5, 5.41) is 21.6. The summed E-state index contributed by atoms with van der Waals surface area (Å²) >= 11 is 0. The molecule has 0 saturated heterocycles. The summed E-state index contributed by atoms with van der Waals surface area (Å²) in [6.45, 7) is 2.47. The van der Waals surface area contributed by atoms with Crippen molar-refractivity contribution in [1.82, 2.24) is 5.32 Å². The fourth-order valence-corrected chi connectivity index (χ4v) is 5.13. The Balaban J connectivity index is 4.03. The van der Waals surface area contributed by atoms with Gasteiger partial charge in [0.1, 0.15) is 12.7 Å². The summed E-state index contributed by atoms with van der Waals surface area (Å²) in [7, 11) is -4.74. The van der Waals surface area contributed by atoms with E-state index < -0.39 is 57.6 Å². The van der Waals surface area contributed by atoms with Gasteiger partial charge in [-0.15, -0.1) is 0 Å². The first-order valence-electron chi connectivity index (χ1n) is 16.7. The van der Waals surface area contributed by atoms with Crippen molar-refractivity contribution in [3.05, 3.63) is 12.2 Å². The van der Waals surface area contributed by atoms with E-state index in [9.17, 15) is 34.1 Å². The van der Waals surface area contributed by atoms with Gasteiger partial charge in [0, 0.05) is 12.8 Å². The van der Waals surface area contributed by atoms with E-state index in [2.05, 4.69) is 31.3 Å². The Labute approximate surface area is 265 Å². The van der Waals surface area contributed by atoms with E-state index in [1.54, 1.807) is 0 Å². The number of aliphatic carboxylic acids is 1. The highest BCUT2D eigenvalue weighted by Gasteiger charge is 2.28. The van der Waals surface area contributed by atoms with Crippen molar-refractivity contribution in [2.24, 2.45) is 0 Å². The molecule has 0 aromatic rings. The van der Waals surface area contributed by atoms with E-state index in [1.807, 2.05) is 0 Å². The van der Waals surface area contributed by atoms with Crippen LogP contribution in [0.4, 0.5) is 0 Å². The first-order valence-corrected chi connectivity index (χ1v) is 18.2. The fourth-order valence-electron chi connectivity index (χ4n) is 4.35. The van der Waals surface area contributed by atoms with Crippen LogP contribution < -0.4 is 5.32 Å². The van der Waals surface area contributed by atoms with Crippen LogP contribution in [-0.2, 0) is 32.7 Å². The van der Waals surface area contributed by atoms with Crippen LogP contribution in [0, 0.1) is 0 Å². The number of allylic oxidation sites excluding steroid dienone is 2. The van der Waals surface area contributed by atoms with Crippen LogP contribution in [0.3, 0.4) is 0 Å². The van der Waals surface area contributed by atoms with Crippen molar-refractivity contribution in [2.45, 2.75) is 154 Å². The van der Waals surface area contributed by atoms with Crippen molar-refractivity contribution in [1.29, 1.82) is 0 Å². The maximum absolute atomic E-state index is 12.1. The lowest BCUT2D eigenvalue weighted by Crippen LogP contribution is -2.43. The molecule has 258 valence electrons. The minimum Gasteiger partial charge on any atom is -0.480 e. The van der Waals surface area contributed by atoms with Gasteiger partial charge < -0.3 is 25.2 Å². The smallest absolute Gasteiger partial charge is 0.472 e. The number of hydrogen-bond donors (Lipinski definition) is 4. The zero-order valence-corrected chi connectivity index (χ0v) is 28.1. The molecule has 0 spiro atoms. The molecule has 11 nitrogen and oxygen atoms in total. The quantitative estimate of drug-likeness (QED) is 0.0266. The van der Waals surface area contributed by atoms with Crippen LogP contribution in [0.15, 0.2) is 12.2 Å². The van der Waals surface area contributed by atoms with Crippen LogP contribution in [0.25, 0.3) is 0 Å². The molecule has 0 aliphatic heterocycles. The lowest BCUT2D eigenvalue weighted by Gasteiger charge is -2.18. The lowest BCUT2D eigenvalue weighted by atomic mass is 10.1. The monoisotopic (exact) mass is 649 g/mol. The van der Waals surface area contributed by atoms with Gasteiger partial charge in [0.15, 0.2) is 6.04 Å². The van der Waals surface area contributed by atoms with E-state index in [4.69, 9.17) is 13.8 Å². The summed E-state index contributed by atoms with van der Waals surface area (Å²) < 4.78 is 26.6. The Morgan fingerprint density at radius 2 is 1.20 bits per heavy atom. The highest BCUT2D eigenvalue weighted by atomic mass is 31.2. The highest BCUT2D eigenvalue weighted by molar-refractivity contribution is 7.47. The number of carbonyl (C=O) groups excluding carboxylic acids is 2. The van der Waals surface area contributed by atoms with Gasteiger partial charge in [-0.2, -0.15) is 0 Å². The first kappa shape index (κ1) is 42.2. The van der Waals surface area contributed by atoms with Crippen molar-refractivity contribution >= 4 is 25.7 Å². The third kappa shape index (κ3) is 27.7. The second-order valence-corrected chi connectivity index (χ2v) is 12.8. The number of carbonyl (C=O) groups is 3. The molecule has 0 rings (SSSR count). The van der Waals surface area contributed by atoms with E-state index in [0.29, 0.717) is 12.8 Å². The molecule has 0 heterocycles. The minimum atomic E-state index is -4.74. The molecule has 0 radical (unpaired) electrons. The molecule has 0 aromatic carbocycles. The number of amides is 1. The van der Waals surface area contributed by atoms with E-state index in [-0.39, 0.29) is 12.8 Å². The maximum Gasteiger partial charge on any atom is 0.472 e. The number of esters is 1. The largest absolute Gasteiger partial charge is 0.480 e. The van der Waals surface area contributed by atoms with Gasteiger partial charge in [0.05, 0.1) is 13.2 Å². The Bertz CT molecular complexity index is 823. The summed E-state index contributed by atoms with van der Waals surface area (Å²) in [6, 6.07) is -1.54. The SMILES string of the molecule is CCCC/C=C\CCCCCCCC(=O)OCC(O)COP(=O)(O)OCC(NC(=O)CCCCCCCCCCC)C(=O)O. The number of aliphatic hydroxyl groups is 1. The summed E-state index contributed by atoms with van der Waals surface area (Å²) in [4.78, 5) is 45.4. The molecule has 3 unspecified atom stereocenters. The van der Waals surface area contributed by atoms with E-state index in [0.717, 1.165) is 57.8 Å². The Hall–Kier alpha value is -1.78. The van der Waals surface area contributed by atoms with Gasteiger partial charge in [-0.1, -0.05) is 109 Å². The fraction of sp³-hybridized carbons (Fsp3) is 0.844. The maximum atomic E-state index is 12.1. The second kappa shape index (κ2) is 28.7. The number of phosphoric acid groups is 1. The van der Waals surface area contributed by atoms with Crippen molar-refractivity contribution < 1.29 is 47.8 Å². The third-order valence-electron chi connectivity index (χ3n) is 7.05. The number of ether oxygens (including phenoxy) is 1. The summed E-state index contributed by atoms with van der Waals surface area (Å²) in [5.74, 6) is -2.39. The van der Waals surface area contributed by atoms with Crippen LogP contribution in [0.1, 0.15) is 142 Å². The number of phosphoric ester groups is 1. The van der Waals surface area contributed by atoms with Gasteiger partial charge in [-0.05, 0) is 32.1 Å². The minimum absolute atomic E-state index is 0.148. The van der Waals surface area contributed by atoms with Gasteiger partial charge in [0.2, 0.25) is 5.91 Å². The van der Waals surface area contributed by atoms with Crippen LogP contribution >= 0.6 is 7.82 Å². The zero-order valence-electron chi connectivity index (χ0n) is 27.2. The van der Waals surface area contributed by atoms with Crippen LogP contribution in [-0.4, -0.2) is 64.9 Å². The number of aliphatic hydroxyl groups excluding tert-OH is 1. The molecule has 4 N–H and O–H groups in total. The Morgan fingerprint density at radius 3 is 1.80 bits per heavy atom. The molecule has 0 aliphatic rings. The van der Waals surface area contributed by atoms with Gasteiger partial charge >= 0.3 is 19.8 Å². The zero-order chi connectivity index (χ0) is 32.9. The van der Waals surface area contributed by atoms with Crippen molar-refractivity contribution in [2.75, 3.05) is 19.8 Å². The molecular formula is C32H60NO10P. The van der Waals surface area contributed by atoms with Crippen molar-refractivity contribution in [3.63, 3.8) is 0 Å². The summed E-state index contributed by atoms with van der Waals surface area (Å²) in [6.07, 6.45) is 22.7. The molecule has 3 atom stereocenters. The molecule has 0 bridgehead atoms. The van der Waals surface area contributed by atoms with Crippen LogP contribution in [0.5, 0.6) is 0 Å². The first-order chi connectivity index (χ1) is 21.1. The number of carboxylic acid groups (broad SMARTS) is 1. The van der Waals surface area contributed by atoms with E-state index >= 15 is 0 Å². The highest BCUT2D eigenvalue weighted by Crippen LogP contribution is 2.43. The standard InChI is InChI=1S/C32H60NO10P/c1-3-5-7-9-11-13-14-16-18-20-22-24-31(36)41-25-28(34)26-42-44(39,40)43-27-29(32(37)38)33-30(35)23-21-19-17-15-12-10-8-6-4-2/h9,11,28-29,34H,3-8,10,12-27H2,1-2H3,(H,33,35)(H,37,38)(H,39,40)/b11-9-. The molecule has 1 amide bonds. The Kier molecular flexibility index (Phi) is 27.5. The molecule has 12 heteroatoms. The van der Waals surface area contributed by atoms with E-state index in [1.165, 1.54) is 44.9 Å². The molecular weight excluding hydrogens is 589 g/mol. The molecule has 0 saturated carbocycles. The number of nitrogens with one attached hydrogen (secondary N) is 1. The topological polar surface area (TPSA) is 169 Å². The normalized spacial score (nSPS) is 14.3. The average Bonchev–Trinajstić information content (AvgIpc) is 2.99. The van der Waals surface area contributed by atoms with Gasteiger partial charge in [0.25, 0.3) is 0 Å². The predicted octanol–water partition coefficient (Wildman–Crippen LogP) is 6.99. The molecule has 0 fully saturated rings. The number of unbranched alkanes of at least 4 members (excludes halogenated alkanes) is 15. The lowest BCUT2D eigenvalue weighted by molar-refractivity contribution is -0.147. The van der Waals surface area contributed by atoms with Crippen LogP contribution in [0.2, 0.25) is 0 Å². The number of hydrogen-bond acceptors (Lipinski definition) is 8. The molecule has 44 heavy (non-hydrogen) atoms.